The summed E-state index contributed by atoms with van der Waals surface area (Å²) in [6.45, 7) is 3.12. The quantitative estimate of drug-likeness (QED) is 0.845. The molecule has 0 aliphatic rings. The molecule has 1 unspecified atom stereocenters. The average molecular weight is 243 g/mol. The molecule has 1 aromatic heterocycles. The SMILES string of the molecule is CCC(NC)c1cnn(CCc2ccccc2)c1. The molecule has 1 atom stereocenters. The van der Waals surface area contributed by atoms with Crippen LogP contribution >= 0.6 is 0 Å². The van der Waals surface area contributed by atoms with Crippen LogP contribution in [0, 0.1) is 0 Å². The van der Waals surface area contributed by atoms with E-state index in [1.807, 2.05) is 24.0 Å². The molecule has 0 radical (unpaired) electrons. The minimum atomic E-state index is 0.412. The maximum Gasteiger partial charge on any atom is 0.0537 e. The molecule has 3 nitrogen and oxygen atoms in total. The average Bonchev–Trinajstić information content (AvgIpc) is 2.88. The molecule has 0 saturated carbocycles. The molecule has 0 aliphatic heterocycles. The van der Waals surface area contributed by atoms with Crippen molar-refractivity contribution < 1.29 is 0 Å². The van der Waals surface area contributed by atoms with Gasteiger partial charge in [0.1, 0.15) is 0 Å². The molecule has 0 amide bonds. The molecule has 1 heterocycles. The number of hydrogen-bond acceptors (Lipinski definition) is 2. The lowest BCUT2D eigenvalue weighted by molar-refractivity contribution is 0.572. The van der Waals surface area contributed by atoms with E-state index in [4.69, 9.17) is 0 Å². The van der Waals surface area contributed by atoms with E-state index in [1.165, 1.54) is 11.1 Å². The van der Waals surface area contributed by atoms with Gasteiger partial charge in [-0.05, 0) is 25.5 Å². The van der Waals surface area contributed by atoms with Crippen LogP contribution in [0.3, 0.4) is 0 Å². The molecule has 0 aliphatic carbocycles. The molecule has 0 spiro atoms. The van der Waals surface area contributed by atoms with Gasteiger partial charge in [0.15, 0.2) is 0 Å². The Morgan fingerprint density at radius 3 is 2.72 bits per heavy atom. The van der Waals surface area contributed by atoms with Gasteiger partial charge in [0.05, 0.1) is 6.20 Å². The summed E-state index contributed by atoms with van der Waals surface area (Å²) in [7, 11) is 2.00. The maximum atomic E-state index is 4.42. The van der Waals surface area contributed by atoms with Crippen molar-refractivity contribution in [2.75, 3.05) is 7.05 Å². The fourth-order valence-electron chi connectivity index (χ4n) is 2.18. The molecule has 1 N–H and O–H groups in total. The highest BCUT2D eigenvalue weighted by Crippen LogP contribution is 2.14. The van der Waals surface area contributed by atoms with Gasteiger partial charge in [-0.1, -0.05) is 37.3 Å². The van der Waals surface area contributed by atoms with Crippen molar-refractivity contribution in [2.45, 2.75) is 32.4 Å². The summed E-state index contributed by atoms with van der Waals surface area (Å²) in [6.07, 6.45) is 6.22. The summed E-state index contributed by atoms with van der Waals surface area (Å²) >= 11 is 0. The van der Waals surface area contributed by atoms with Crippen LogP contribution in [-0.2, 0) is 13.0 Å². The van der Waals surface area contributed by atoms with Crippen LogP contribution in [-0.4, -0.2) is 16.8 Å². The van der Waals surface area contributed by atoms with Crippen molar-refractivity contribution in [2.24, 2.45) is 0 Å². The summed E-state index contributed by atoms with van der Waals surface area (Å²) in [4.78, 5) is 0. The van der Waals surface area contributed by atoms with Gasteiger partial charge < -0.3 is 5.32 Å². The van der Waals surface area contributed by atoms with Gasteiger partial charge in [-0.2, -0.15) is 5.10 Å². The third-order valence-electron chi connectivity index (χ3n) is 3.28. The highest BCUT2D eigenvalue weighted by Gasteiger charge is 2.08. The van der Waals surface area contributed by atoms with Gasteiger partial charge in [0, 0.05) is 24.3 Å². The van der Waals surface area contributed by atoms with Crippen molar-refractivity contribution in [3.05, 3.63) is 53.9 Å². The zero-order valence-electron chi connectivity index (χ0n) is 11.1. The van der Waals surface area contributed by atoms with Crippen LogP contribution in [0.1, 0.15) is 30.5 Å². The number of aryl methyl sites for hydroxylation is 2. The summed E-state index contributed by atoms with van der Waals surface area (Å²) in [5.41, 5.74) is 2.63. The Morgan fingerprint density at radius 1 is 1.28 bits per heavy atom. The fourth-order valence-corrected chi connectivity index (χ4v) is 2.18. The molecule has 0 fully saturated rings. The molecule has 3 heteroatoms. The third-order valence-corrected chi connectivity index (χ3v) is 3.28. The lowest BCUT2D eigenvalue weighted by Crippen LogP contribution is -2.14. The second kappa shape index (κ2) is 6.36. The Morgan fingerprint density at radius 2 is 2.06 bits per heavy atom. The molecule has 18 heavy (non-hydrogen) atoms. The summed E-state index contributed by atoms with van der Waals surface area (Å²) < 4.78 is 2.03. The van der Waals surface area contributed by atoms with Crippen molar-refractivity contribution in [1.82, 2.24) is 15.1 Å². The van der Waals surface area contributed by atoms with Gasteiger partial charge in [0.25, 0.3) is 0 Å². The minimum Gasteiger partial charge on any atom is -0.313 e. The van der Waals surface area contributed by atoms with Crippen LogP contribution in [0.15, 0.2) is 42.7 Å². The second-order valence-corrected chi connectivity index (χ2v) is 4.52. The topological polar surface area (TPSA) is 29.9 Å². The highest BCUT2D eigenvalue weighted by molar-refractivity contribution is 5.15. The predicted molar refractivity (Wildman–Crippen MR) is 74.5 cm³/mol. The summed E-state index contributed by atoms with van der Waals surface area (Å²) in [5.74, 6) is 0. The largest absolute Gasteiger partial charge is 0.313 e. The number of nitrogens with one attached hydrogen (secondary N) is 1. The van der Waals surface area contributed by atoms with E-state index < -0.39 is 0 Å². The van der Waals surface area contributed by atoms with Gasteiger partial charge in [0.2, 0.25) is 0 Å². The smallest absolute Gasteiger partial charge is 0.0537 e. The molecule has 96 valence electrons. The number of hydrogen-bond donors (Lipinski definition) is 1. The normalized spacial score (nSPS) is 12.6. The predicted octanol–water partition coefficient (Wildman–Crippen LogP) is 2.80. The molecule has 0 bridgehead atoms. The fraction of sp³-hybridized carbons (Fsp3) is 0.400. The van der Waals surface area contributed by atoms with E-state index in [0.29, 0.717) is 6.04 Å². The monoisotopic (exact) mass is 243 g/mol. The highest BCUT2D eigenvalue weighted by atomic mass is 15.3. The number of nitrogens with zero attached hydrogens (tertiary/aromatic N) is 2. The number of rotatable bonds is 6. The Kier molecular flexibility index (Phi) is 4.53. The van der Waals surface area contributed by atoms with E-state index in [1.54, 1.807) is 0 Å². The first-order valence-corrected chi connectivity index (χ1v) is 6.57. The van der Waals surface area contributed by atoms with E-state index in [2.05, 4.69) is 47.8 Å². The van der Waals surface area contributed by atoms with E-state index in [-0.39, 0.29) is 0 Å². The molecule has 0 saturated heterocycles. The van der Waals surface area contributed by atoms with Crippen LogP contribution in [0.25, 0.3) is 0 Å². The van der Waals surface area contributed by atoms with Gasteiger partial charge in [-0.25, -0.2) is 0 Å². The Hall–Kier alpha value is -1.61. The van der Waals surface area contributed by atoms with E-state index >= 15 is 0 Å². The van der Waals surface area contributed by atoms with Crippen molar-refractivity contribution in [3.63, 3.8) is 0 Å². The van der Waals surface area contributed by atoms with E-state index in [0.717, 1.165) is 19.4 Å². The zero-order chi connectivity index (χ0) is 12.8. The van der Waals surface area contributed by atoms with Crippen molar-refractivity contribution in [3.8, 4) is 0 Å². The summed E-state index contributed by atoms with van der Waals surface area (Å²) in [6, 6.07) is 10.9. The number of aromatic nitrogens is 2. The summed E-state index contributed by atoms with van der Waals surface area (Å²) in [5, 5.41) is 7.73. The molecular formula is C15H21N3. The molecule has 1 aromatic carbocycles. The zero-order valence-corrected chi connectivity index (χ0v) is 11.1. The van der Waals surface area contributed by atoms with Crippen molar-refractivity contribution >= 4 is 0 Å². The first kappa shape index (κ1) is 12.8. The van der Waals surface area contributed by atoms with Crippen LogP contribution in [0.5, 0.6) is 0 Å². The van der Waals surface area contributed by atoms with Crippen LogP contribution in [0.4, 0.5) is 0 Å². The van der Waals surface area contributed by atoms with Crippen LogP contribution in [0.2, 0.25) is 0 Å². The molecular weight excluding hydrogens is 222 g/mol. The molecule has 2 rings (SSSR count). The van der Waals surface area contributed by atoms with E-state index in [9.17, 15) is 0 Å². The van der Waals surface area contributed by atoms with Gasteiger partial charge in [-0.15, -0.1) is 0 Å². The lowest BCUT2D eigenvalue weighted by Gasteiger charge is -2.10. The third kappa shape index (κ3) is 3.20. The minimum absolute atomic E-state index is 0.412. The first-order chi connectivity index (χ1) is 8.83. The van der Waals surface area contributed by atoms with Gasteiger partial charge in [-0.3, -0.25) is 4.68 Å². The van der Waals surface area contributed by atoms with Crippen LogP contribution < -0.4 is 5.32 Å². The Balaban J connectivity index is 1.95. The first-order valence-electron chi connectivity index (χ1n) is 6.57. The molecule has 2 aromatic rings. The Bertz CT molecular complexity index is 458. The lowest BCUT2D eigenvalue weighted by atomic mass is 10.1. The Labute approximate surface area is 109 Å². The van der Waals surface area contributed by atoms with Gasteiger partial charge >= 0.3 is 0 Å². The van der Waals surface area contributed by atoms with Crippen molar-refractivity contribution in [1.29, 1.82) is 0 Å². The maximum absolute atomic E-state index is 4.42. The number of benzene rings is 1. The standard InChI is InChI=1S/C15H21N3/c1-3-15(16-2)14-11-17-18(12-14)10-9-13-7-5-4-6-8-13/h4-8,11-12,15-16H,3,9-10H2,1-2H3. The second-order valence-electron chi connectivity index (χ2n) is 4.52.